The van der Waals surface area contributed by atoms with E-state index in [-0.39, 0.29) is 17.6 Å². The second-order valence-electron chi connectivity index (χ2n) is 6.01. The number of methoxy groups -OCH3 is 1. The van der Waals surface area contributed by atoms with Gasteiger partial charge in [-0.25, -0.2) is 9.59 Å². The van der Waals surface area contributed by atoms with Gasteiger partial charge in [0.2, 0.25) is 0 Å². The molecule has 0 spiro atoms. The van der Waals surface area contributed by atoms with Crippen LogP contribution in [0, 0.1) is 17.2 Å². The third-order valence-electron chi connectivity index (χ3n) is 3.04. The molecular formula is C15H22N2O4. The number of amides is 1. The van der Waals surface area contributed by atoms with E-state index in [0.717, 1.165) is 12.8 Å². The van der Waals surface area contributed by atoms with E-state index >= 15 is 0 Å². The van der Waals surface area contributed by atoms with E-state index in [1.54, 1.807) is 11.0 Å². The Morgan fingerprint density at radius 3 is 2.57 bits per heavy atom. The highest BCUT2D eigenvalue weighted by molar-refractivity contribution is 5.92. The fourth-order valence-corrected chi connectivity index (χ4v) is 2.13. The minimum absolute atomic E-state index is 0.0199. The lowest BCUT2D eigenvalue weighted by Crippen LogP contribution is -2.42. The summed E-state index contributed by atoms with van der Waals surface area (Å²) in [6, 6.07) is 1.83. The number of esters is 1. The van der Waals surface area contributed by atoms with Gasteiger partial charge in [0.1, 0.15) is 17.2 Å². The number of ether oxygens (including phenoxy) is 2. The second-order valence-corrected chi connectivity index (χ2v) is 6.01. The molecular weight excluding hydrogens is 272 g/mol. The topological polar surface area (TPSA) is 79.6 Å². The van der Waals surface area contributed by atoms with Crippen LogP contribution in [-0.2, 0) is 14.3 Å². The van der Waals surface area contributed by atoms with Gasteiger partial charge in [-0.15, -0.1) is 0 Å². The molecule has 0 aliphatic carbocycles. The van der Waals surface area contributed by atoms with Crippen LogP contribution in [-0.4, -0.2) is 42.8 Å². The molecule has 0 saturated carbocycles. The maximum Gasteiger partial charge on any atom is 0.410 e. The summed E-state index contributed by atoms with van der Waals surface area (Å²) in [4.78, 5) is 25.0. The molecule has 0 radical (unpaired) electrons. The Balaban J connectivity index is 2.72. The first-order chi connectivity index (χ1) is 9.76. The lowest BCUT2D eigenvalue weighted by Gasteiger charge is -2.33. The van der Waals surface area contributed by atoms with Gasteiger partial charge in [-0.1, -0.05) is 6.08 Å². The van der Waals surface area contributed by atoms with Crippen molar-refractivity contribution in [1.82, 2.24) is 4.90 Å². The number of rotatable bonds is 2. The fraction of sp³-hybridized carbons (Fsp3) is 0.667. The van der Waals surface area contributed by atoms with Crippen LogP contribution in [0.15, 0.2) is 11.6 Å². The van der Waals surface area contributed by atoms with E-state index < -0.39 is 11.6 Å². The van der Waals surface area contributed by atoms with E-state index in [0.29, 0.717) is 13.1 Å². The summed E-state index contributed by atoms with van der Waals surface area (Å²) >= 11 is 0. The van der Waals surface area contributed by atoms with Crippen LogP contribution in [0.5, 0.6) is 0 Å². The lowest BCUT2D eigenvalue weighted by atomic mass is 9.96. The number of piperidine rings is 1. The van der Waals surface area contributed by atoms with E-state index in [1.807, 2.05) is 26.8 Å². The predicted octanol–water partition coefficient (Wildman–Crippen LogP) is 2.26. The van der Waals surface area contributed by atoms with Crippen LogP contribution in [0.4, 0.5) is 4.79 Å². The highest BCUT2D eigenvalue weighted by Crippen LogP contribution is 2.21. The summed E-state index contributed by atoms with van der Waals surface area (Å²) in [5, 5.41) is 8.96. The minimum atomic E-state index is -0.646. The summed E-state index contributed by atoms with van der Waals surface area (Å²) in [5.41, 5.74) is -0.558. The fourth-order valence-electron chi connectivity index (χ4n) is 2.13. The maximum atomic E-state index is 12.0. The van der Waals surface area contributed by atoms with Gasteiger partial charge in [-0.2, -0.15) is 5.26 Å². The molecule has 0 aromatic heterocycles. The van der Waals surface area contributed by atoms with E-state index in [4.69, 9.17) is 10.00 Å². The van der Waals surface area contributed by atoms with Crippen molar-refractivity contribution in [2.75, 3.05) is 20.2 Å². The zero-order valence-corrected chi connectivity index (χ0v) is 13.0. The van der Waals surface area contributed by atoms with Crippen molar-refractivity contribution in [3.63, 3.8) is 0 Å². The zero-order valence-electron chi connectivity index (χ0n) is 13.0. The van der Waals surface area contributed by atoms with Gasteiger partial charge in [0.05, 0.1) is 7.11 Å². The molecule has 1 aliphatic heterocycles. The maximum absolute atomic E-state index is 12.0. The summed E-state index contributed by atoms with van der Waals surface area (Å²) in [7, 11) is 1.24. The first-order valence-electron chi connectivity index (χ1n) is 6.95. The largest absolute Gasteiger partial charge is 0.465 e. The Labute approximate surface area is 125 Å². The van der Waals surface area contributed by atoms with Gasteiger partial charge in [-0.3, -0.25) is 0 Å². The number of hydrogen-bond acceptors (Lipinski definition) is 5. The molecule has 1 heterocycles. The van der Waals surface area contributed by atoms with Gasteiger partial charge >= 0.3 is 12.1 Å². The molecule has 1 unspecified atom stereocenters. The molecule has 6 nitrogen and oxygen atoms in total. The van der Waals surface area contributed by atoms with Crippen molar-refractivity contribution in [3.8, 4) is 6.07 Å². The molecule has 0 N–H and O–H groups in total. The van der Waals surface area contributed by atoms with Crippen LogP contribution in [0.1, 0.15) is 33.6 Å². The molecule has 0 aromatic carbocycles. The van der Waals surface area contributed by atoms with Crippen LogP contribution < -0.4 is 0 Å². The Bertz CT molecular complexity index is 471. The molecule has 6 heteroatoms. The van der Waals surface area contributed by atoms with E-state index in [2.05, 4.69) is 4.74 Å². The first kappa shape index (κ1) is 17.0. The summed E-state index contributed by atoms with van der Waals surface area (Å²) < 4.78 is 9.89. The molecule has 1 fully saturated rings. The van der Waals surface area contributed by atoms with Gasteiger partial charge in [0.25, 0.3) is 0 Å². The smallest absolute Gasteiger partial charge is 0.410 e. The van der Waals surface area contributed by atoms with Gasteiger partial charge in [0.15, 0.2) is 0 Å². The molecule has 1 rings (SSSR count). The van der Waals surface area contributed by atoms with Gasteiger partial charge in [-0.05, 0) is 39.5 Å². The molecule has 0 bridgehead atoms. The molecule has 1 amide bonds. The quantitative estimate of drug-likeness (QED) is 0.443. The van der Waals surface area contributed by atoms with Crippen LogP contribution in [0.25, 0.3) is 0 Å². The Kier molecular flexibility index (Phi) is 5.77. The van der Waals surface area contributed by atoms with Crippen LogP contribution in [0.2, 0.25) is 0 Å². The Morgan fingerprint density at radius 2 is 2.05 bits per heavy atom. The minimum Gasteiger partial charge on any atom is -0.465 e. The van der Waals surface area contributed by atoms with Gasteiger partial charge < -0.3 is 14.4 Å². The van der Waals surface area contributed by atoms with Crippen LogP contribution >= 0.6 is 0 Å². The first-order valence-corrected chi connectivity index (χ1v) is 6.95. The second kappa shape index (κ2) is 7.11. The van der Waals surface area contributed by atoms with Crippen LogP contribution in [0.3, 0.4) is 0 Å². The molecule has 0 aromatic rings. The number of hydrogen-bond donors (Lipinski definition) is 0. The van der Waals surface area contributed by atoms with Gasteiger partial charge in [0, 0.05) is 13.1 Å². The average Bonchev–Trinajstić information content (AvgIpc) is 2.42. The highest BCUT2D eigenvalue weighted by atomic mass is 16.6. The SMILES string of the molecule is COC(=O)/C(C#N)=C/C1CCCN(C(=O)OC(C)(C)C)C1. The lowest BCUT2D eigenvalue weighted by molar-refractivity contribution is -0.135. The number of nitriles is 1. The molecule has 21 heavy (non-hydrogen) atoms. The third kappa shape index (κ3) is 5.46. The molecule has 116 valence electrons. The summed E-state index contributed by atoms with van der Waals surface area (Å²) in [6.07, 6.45) is 2.85. The number of nitrogens with zero attached hydrogens (tertiary/aromatic N) is 2. The standard InChI is InChI=1S/C15H22N2O4/c1-15(2,3)21-14(19)17-7-5-6-11(10-17)8-12(9-16)13(18)20-4/h8,11H,5-7,10H2,1-4H3/b12-8+. The Morgan fingerprint density at radius 1 is 1.38 bits per heavy atom. The summed E-state index contributed by atoms with van der Waals surface area (Å²) in [5.74, 6) is -0.688. The van der Waals surface area contributed by atoms with Crippen molar-refractivity contribution < 1.29 is 19.1 Å². The molecule has 1 atom stereocenters. The van der Waals surface area contributed by atoms with Crippen molar-refractivity contribution in [2.24, 2.45) is 5.92 Å². The van der Waals surface area contributed by atoms with Crippen molar-refractivity contribution >= 4 is 12.1 Å². The molecule has 1 aliphatic rings. The monoisotopic (exact) mass is 294 g/mol. The normalized spacial score (nSPS) is 19.7. The van der Waals surface area contributed by atoms with Crippen molar-refractivity contribution in [2.45, 2.75) is 39.2 Å². The Hall–Kier alpha value is -2.03. The molecule has 1 saturated heterocycles. The van der Waals surface area contributed by atoms with Crippen molar-refractivity contribution in [3.05, 3.63) is 11.6 Å². The number of carbonyl (C=O) groups excluding carboxylic acids is 2. The third-order valence-corrected chi connectivity index (χ3v) is 3.04. The number of carbonyl (C=O) groups is 2. The predicted molar refractivity (Wildman–Crippen MR) is 76.2 cm³/mol. The van der Waals surface area contributed by atoms with Crippen molar-refractivity contribution in [1.29, 1.82) is 5.26 Å². The zero-order chi connectivity index (χ0) is 16.0. The van der Waals surface area contributed by atoms with E-state index in [9.17, 15) is 9.59 Å². The highest BCUT2D eigenvalue weighted by Gasteiger charge is 2.27. The van der Waals surface area contributed by atoms with E-state index in [1.165, 1.54) is 7.11 Å². The summed E-state index contributed by atoms with van der Waals surface area (Å²) in [6.45, 7) is 6.52. The number of likely N-dealkylation sites (tertiary alicyclic amines) is 1. The average molecular weight is 294 g/mol.